The first-order valence-electron chi connectivity index (χ1n) is 9.99. The third-order valence-electron chi connectivity index (χ3n) is 4.46. The van der Waals surface area contributed by atoms with Gasteiger partial charge in [0.2, 0.25) is 0 Å². The van der Waals surface area contributed by atoms with Gasteiger partial charge in [-0.05, 0) is 19.8 Å². The van der Waals surface area contributed by atoms with E-state index in [1.165, 1.54) is 83.5 Å². The zero-order valence-corrected chi connectivity index (χ0v) is 15.6. The maximum Gasteiger partial charge on any atom is 0.110 e. The molecule has 1 rings (SSSR count). The number of nitrogens with zero attached hydrogens (tertiary/aromatic N) is 1. The molecule has 1 aromatic rings. The molecule has 0 spiro atoms. The number of hydrogen-bond acceptors (Lipinski definition) is 1. The number of rotatable bonds is 15. The maximum atomic E-state index is 4.41. The zero-order valence-electron chi connectivity index (χ0n) is 15.6. The van der Waals surface area contributed by atoms with Gasteiger partial charge in [0.15, 0.2) is 0 Å². The smallest absolute Gasteiger partial charge is 0.110 e. The van der Waals surface area contributed by atoms with Gasteiger partial charge in [-0.2, -0.15) is 0 Å². The summed E-state index contributed by atoms with van der Waals surface area (Å²) in [6, 6.07) is 0. The summed E-state index contributed by atoms with van der Waals surface area (Å²) in [4.78, 5) is 7.60. The highest BCUT2D eigenvalue weighted by Gasteiger charge is 1.94. The Balaban J connectivity index is 1.78. The van der Waals surface area contributed by atoms with Gasteiger partial charge < -0.3 is 4.98 Å². The normalized spacial score (nSPS) is 11.6. The van der Waals surface area contributed by atoms with E-state index in [1.54, 1.807) is 0 Å². The Morgan fingerprint density at radius 2 is 1.39 bits per heavy atom. The third-order valence-corrected chi connectivity index (χ3v) is 4.46. The second-order valence-corrected chi connectivity index (χ2v) is 6.84. The molecular weight excluding hydrogens is 280 g/mol. The number of nitrogens with one attached hydrogen (secondary N) is 1. The number of hydrogen-bond donors (Lipinski definition) is 1. The summed E-state index contributed by atoms with van der Waals surface area (Å²) >= 11 is 0. The molecule has 0 saturated heterocycles. The Bertz CT molecular complexity index is 392. The molecule has 0 fully saturated rings. The summed E-state index contributed by atoms with van der Waals surface area (Å²) in [6.45, 7) is 4.31. The van der Waals surface area contributed by atoms with Gasteiger partial charge in [-0.15, -0.1) is 0 Å². The van der Waals surface area contributed by atoms with Crippen LogP contribution in [0.2, 0.25) is 0 Å². The summed E-state index contributed by atoms with van der Waals surface area (Å²) in [5.74, 6) is 1.08. The summed E-state index contributed by atoms with van der Waals surface area (Å²) in [7, 11) is 0. The van der Waals surface area contributed by atoms with Crippen molar-refractivity contribution in [3.63, 3.8) is 0 Å². The van der Waals surface area contributed by atoms with Crippen molar-refractivity contribution in [1.82, 2.24) is 9.97 Å². The molecule has 0 aliphatic carbocycles. The van der Waals surface area contributed by atoms with E-state index in [1.807, 2.05) is 13.1 Å². The van der Waals surface area contributed by atoms with Crippen LogP contribution in [0, 0.1) is 6.92 Å². The topological polar surface area (TPSA) is 28.7 Å². The maximum absolute atomic E-state index is 4.41. The highest BCUT2D eigenvalue weighted by Crippen LogP contribution is 2.12. The fourth-order valence-electron chi connectivity index (χ4n) is 2.99. The van der Waals surface area contributed by atoms with Crippen LogP contribution in [-0.2, 0) is 6.42 Å². The molecule has 23 heavy (non-hydrogen) atoms. The SMILES string of the molecule is CCCCCCCCCCCCCCC=CCc1nc(C)c[nH]1. The second kappa shape index (κ2) is 14.5. The van der Waals surface area contributed by atoms with Gasteiger partial charge in [-0.1, -0.05) is 89.7 Å². The van der Waals surface area contributed by atoms with Gasteiger partial charge in [0.05, 0.1) is 5.69 Å². The Morgan fingerprint density at radius 3 is 1.91 bits per heavy atom. The molecule has 0 amide bonds. The molecule has 2 heteroatoms. The van der Waals surface area contributed by atoms with Crippen LogP contribution in [-0.4, -0.2) is 9.97 Å². The molecule has 0 unspecified atom stereocenters. The van der Waals surface area contributed by atoms with Crippen molar-refractivity contribution in [2.75, 3.05) is 0 Å². The van der Waals surface area contributed by atoms with Crippen LogP contribution in [0.25, 0.3) is 0 Å². The fraction of sp³-hybridized carbons (Fsp3) is 0.762. The predicted molar refractivity (Wildman–Crippen MR) is 102 cm³/mol. The van der Waals surface area contributed by atoms with Crippen molar-refractivity contribution in [3.8, 4) is 0 Å². The first-order chi connectivity index (χ1) is 11.3. The number of H-pyrrole nitrogens is 1. The standard InChI is InChI=1S/C21H38N2/c1-3-4-5-6-7-8-9-10-11-12-13-14-15-16-17-18-21-22-19-20(2)23-21/h16-17,19H,3-15,18H2,1-2H3,(H,22,23). The van der Waals surface area contributed by atoms with Crippen LogP contribution in [0.15, 0.2) is 18.3 Å². The van der Waals surface area contributed by atoms with Crippen LogP contribution >= 0.6 is 0 Å². The minimum atomic E-state index is 0.937. The highest BCUT2D eigenvalue weighted by atomic mass is 14.9. The molecule has 2 nitrogen and oxygen atoms in total. The number of aromatic nitrogens is 2. The molecule has 1 N–H and O–H groups in total. The van der Waals surface area contributed by atoms with Crippen molar-refractivity contribution in [2.45, 2.75) is 104 Å². The molecule has 0 atom stereocenters. The fourth-order valence-corrected chi connectivity index (χ4v) is 2.99. The summed E-state index contributed by atoms with van der Waals surface area (Å²) in [5.41, 5.74) is 1.08. The molecule has 0 aliphatic rings. The monoisotopic (exact) mass is 318 g/mol. The number of imidazole rings is 1. The first-order valence-corrected chi connectivity index (χ1v) is 9.99. The van der Waals surface area contributed by atoms with E-state index >= 15 is 0 Å². The molecule has 132 valence electrons. The van der Waals surface area contributed by atoms with Crippen LogP contribution in [0.3, 0.4) is 0 Å². The van der Waals surface area contributed by atoms with E-state index in [-0.39, 0.29) is 0 Å². The van der Waals surface area contributed by atoms with E-state index in [0.717, 1.165) is 17.9 Å². The second-order valence-electron chi connectivity index (χ2n) is 6.84. The van der Waals surface area contributed by atoms with Crippen molar-refractivity contribution < 1.29 is 0 Å². The van der Waals surface area contributed by atoms with Crippen LogP contribution < -0.4 is 0 Å². The number of unbranched alkanes of at least 4 members (excludes halogenated alkanes) is 12. The molecule has 0 radical (unpaired) electrons. The lowest BCUT2D eigenvalue weighted by atomic mass is 10.0. The van der Waals surface area contributed by atoms with Gasteiger partial charge in [0.25, 0.3) is 0 Å². The molecule has 1 aromatic heterocycles. The first kappa shape index (κ1) is 20.0. The Labute approximate surface area is 144 Å². The van der Waals surface area contributed by atoms with Crippen LogP contribution in [0.1, 0.15) is 102 Å². The summed E-state index contributed by atoms with van der Waals surface area (Å²) < 4.78 is 0. The minimum Gasteiger partial charge on any atom is -0.348 e. The Kier molecular flexibility index (Phi) is 12.6. The Hall–Kier alpha value is -1.05. The van der Waals surface area contributed by atoms with Gasteiger partial charge in [-0.3, -0.25) is 0 Å². The lowest BCUT2D eigenvalue weighted by Gasteiger charge is -2.02. The number of aromatic amines is 1. The van der Waals surface area contributed by atoms with Gasteiger partial charge in [0.1, 0.15) is 5.82 Å². The van der Waals surface area contributed by atoms with Gasteiger partial charge in [-0.25, -0.2) is 4.98 Å². The van der Waals surface area contributed by atoms with Gasteiger partial charge in [0, 0.05) is 12.6 Å². The van der Waals surface area contributed by atoms with Crippen LogP contribution in [0.4, 0.5) is 0 Å². The highest BCUT2D eigenvalue weighted by molar-refractivity contribution is 5.02. The molecule has 0 bridgehead atoms. The van der Waals surface area contributed by atoms with E-state index in [2.05, 4.69) is 29.0 Å². The summed E-state index contributed by atoms with van der Waals surface area (Å²) in [5, 5.41) is 0. The molecule has 0 aromatic carbocycles. The number of aryl methyl sites for hydroxylation is 1. The minimum absolute atomic E-state index is 0.937. The van der Waals surface area contributed by atoms with E-state index in [9.17, 15) is 0 Å². The van der Waals surface area contributed by atoms with Crippen molar-refractivity contribution in [2.24, 2.45) is 0 Å². The van der Waals surface area contributed by atoms with Crippen molar-refractivity contribution in [1.29, 1.82) is 0 Å². The van der Waals surface area contributed by atoms with Crippen molar-refractivity contribution >= 4 is 0 Å². The average molecular weight is 319 g/mol. The molecular formula is C21H38N2. The lowest BCUT2D eigenvalue weighted by Crippen LogP contribution is -1.84. The van der Waals surface area contributed by atoms with Crippen LogP contribution in [0.5, 0.6) is 0 Å². The van der Waals surface area contributed by atoms with Crippen molar-refractivity contribution in [3.05, 3.63) is 29.9 Å². The average Bonchev–Trinajstić information content (AvgIpc) is 2.96. The van der Waals surface area contributed by atoms with E-state index < -0.39 is 0 Å². The quantitative estimate of drug-likeness (QED) is 0.276. The van der Waals surface area contributed by atoms with Gasteiger partial charge >= 0.3 is 0 Å². The number of allylic oxidation sites excluding steroid dienone is 2. The largest absolute Gasteiger partial charge is 0.348 e. The molecule has 1 heterocycles. The Morgan fingerprint density at radius 1 is 0.826 bits per heavy atom. The molecule has 0 aliphatic heterocycles. The van der Waals surface area contributed by atoms with E-state index in [0.29, 0.717) is 0 Å². The molecule has 0 saturated carbocycles. The lowest BCUT2D eigenvalue weighted by molar-refractivity contribution is 0.545. The van der Waals surface area contributed by atoms with E-state index in [4.69, 9.17) is 0 Å². The predicted octanol–water partition coefficient (Wildman–Crippen LogP) is 6.91. The summed E-state index contributed by atoms with van der Waals surface area (Å²) in [6.07, 6.45) is 25.8. The zero-order chi connectivity index (χ0) is 16.6. The third kappa shape index (κ3) is 12.1.